The number of nitrogens with zero attached hydrogens (tertiary/aromatic N) is 2. The van der Waals surface area contributed by atoms with E-state index in [9.17, 15) is 4.79 Å². The topological polar surface area (TPSA) is 55.6 Å². The second kappa shape index (κ2) is 9.36. The molecule has 2 heterocycles. The zero-order valence-corrected chi connectivity index (χ0v) is 18.5. The van der Waals surface area contributed by atoms with Crippen LogP contribution < -0.4 is 9.64 Å². The number of carbonyl (C=O) groups excluding carboxylic acids is 1. The fourth-order valence-corrected chi connectivity index (χ4v) is 4.52. The van der Waals surface area contributed by atoms with E-state index in [0.717, 1.165) is 27.3 Å². The van der Waals surface area contributed by atoms with Gasteiger partial charge < -0.3 is 9.15 Å². The fraction of sp³-hybridized carbons (Fsp3) is 0.217. The highest BCUT2D eigenvalue weighted by atomic mass is 32.2. The smallest absolute Gasteiger partial charge is 0.233 e. The summed E-state index contributed by atoms with van der Waals surface area (Å²) in [6.07, 6.45) is 3.96. The highest BCUT2D eigenvalue weighted by Gasteiger charge is 2.22. The van der Waals surface area contributed by atoms with Gasteiger partial charge in [-0.3, -0.25) is 9.69 Å². The molecule has 154 valence electrons. The molecule has 0 unspecified atom stereocenters. The average Bonchev–Trinajstić information content (AvgIpc) is 3.42. The van der Waals surface area contributed by atoms with Gasteiger partial charge in [0.1, 0.15) is 11.5 Å². The molecule has 0 aliphatic rings. The number of benzene rings is 2. The monoisotopic (exact) mass is 438 g/mol. The van der Waals surface area contributed by atoms with Gasteiger partial charge in [0, 0.05) is 4.90 Å². The first-order valence-electron chi connectivity index (χ1n) is 9.65. The van der Waals surface area contributed by atoms with E-state index in [1.807, 2.05) is 67.8 Å². The largest absolute Gasteiger partial charge is 0.494 e. The highest BCUT2D eigenvalue weighted by molar-refractivity contribution is 7.98. The summed E-state index contributed by atoms with van der Waals surface area (Å²) in [6, 6.07) is 17.6. The quantitative estimate of drug-likeness (QED) is 0.326. The van der Waals surface area contributed by atoms with Crippen molar-refractivity contribution in [1.82, 2.24) is 4.98 Å². The molecular formula is C23H22N2O3S2. The summed E-state index contributed by atoms with van der Waals surface area (Å²) in [7, 11) is 0. The van der Waals surface area contributed by atoms with Gasteiger partial charge in [0.15, 0.2) is 5.13 Å². The Bertz CT molecular complexity index is 1120. The second-order valence-electron chi connectivity index (χ2n) is 6.64. The van der Waals surface area contributed by atoms with Crippen LogP contribution in [0.2, 0.25) is 0 Å². The van der Waals surface area contributed by atoms with Crippen LogP contribution in [-0.4, -0.2) is 23.8 Å². The van der Waals surface area contributed by atoms with Crippen molar-refractivity contribution in [3.63, 3.8) is 0 Å². The number of hydrogen-bond donors (Lipinski definition) is 0. The zero-order chi connectivity index (χ0) is 20.9. The number of thiazole rings is 1. The third kappa shape index (κ3) is 4.68. The van der Waals surface area contributed by atoms with E-state index in [-0.39, 0.29) is 5.91 Å². The Balaban J connectivity index is 1.63. The van der Waals surface area contributed by atoms with Gasteiger partial charge in [0.2, 0.25) is 5.91 Å². The van der Waals surface area contributed by atoms with E-state index < -0.39 is 0 Å². The maximum atomic E-state index is 13.3. The van der Waals surface area contributed by atoms with Crippen molar-refractivity contribution in [2.75, 3.05) is 17.8 Å². The minimum Gasteiger partial charge on any atom is -0.494 e. The summed E-state index contributed by atoms with van der Waals surface area (Å²) in [4.78, 5) is 20.8. The molecule has 2 aromatic heterocycles. The molecule has 0 aliphatic carbocycles. The summed E-state index contributed by atoms with van der Waals surface area (Å²) in [5.74, 6) is 1.50. The summed E-state index contributed by atoms with van der Waals surface area (Å²) in [5.41, 5.74) is 1.82. The number of hydrogen-bond acceptors (Lipinski definition) is 6. The van der Waals surface area contributed by atoms with Gasteiger partial charge in [0.05, 0.1) is 36.1 Å². The Morgan fingerprint density at radius 3 is 2.73 bits per heavy atom. The minimum absolute atomic E-state index is 0.0209. The Morgan fingerprint density at radius 2 is 2.03 bits per heavy atom. The summed E-state index contributed by atoms with van der Waals surface area (Å²) >= 11 is 3.16. The van der Waals surface area contributed by atoms with Crippen molar-refractivity contribution in [2.45, 2.75) is 24.8 Å². The molecule has 0 aliphatic heterocycles. The number of carbonyl (C=O) groups is 1. The molecule has 4 rings (SSSR count). The van der Waals surface area contributed by atoms with E-state index in [1.165, 1.54) is 16.2 Å². The van der Waals surface area contributed by atoms with E-state index in [2.05, 4.69) is 0 Å². The van der Waals surface area contributed by atoms with Crippen molar-refractivity contribution in [1.29, 1.82) is 0 Å². The Hall–Kier alpha value is -2.77. The van der Waals surface area contributed by atoms with Crippen LogP contribution in [0, 0.1) is 0 Å². The maximum absolute atomic E-state index is 13.3. The second-order valence-corrected chi connectivity index (χ2v) is 8.53. The molecule has 0 saturated carbocycles. The SMILES string of the molecule is CCOc1ccc2nc(N(Cc3ccco3)C(=O)Cc3ccc(SC)cc3)sc2c1. The van der Waals surface area contributed by atoms with E-state index in [4.69, 9.17) is 14.1 Å². The lowest BCUT2D eigenvalue weighted by Crippen LogP contribution is -2.31. The third-order valence-electron chi connectivity index (χ3n) is 4.60. The predicted octanol–water partition coefficient (Wildman–Crippen LogP) is 5.79. The molecule has 30 heavy (non-hydrogen) atoms. The van der Waals surface area contributed by atoms with Gasteiger partial charge in [-0.2, -0.15) is 0 Å². The van der Waals surface area contributed by atoms with Gasteiger partial charge in [-0.05, 0) is 61.2 Å². The Kier molecular flexibility index (Phi) is 6.40. The Labute approximate surface area is 183 Å². The highest BCUT2D eigenvalue weighted by Crippen LogP contribution is 2.33. The molecule has 0 bridgehead atoms. The number of ether oxygens (including phenoxy) is 1. The molecule has 2 aromatic carbocycles. The molecule has 5 nitrogen and oxygen atoms in total. The molecule has 0 N–H and O–H groups in total. The number of rotatable bonds is 8. The van der Waals surface area contributed by atoms with E-state index in [0.29, 0.717) is 24.7 Å². The van der Waals surface area contributed by atoms with Crippen LogP contribution in [0.4, 0.5) is 5.13 Å². The number of fused-ring (bicyclic) bond motifs is 1. The van der Waals surface area contributed by atoms with Gasteiger partial charge in [-0.25, -0.2) is 4.98 Å². The molecule has 4 aromatic rings. The van der Waals surface area contributed by atoms with Crippen molar-refractivity contribution in [3.8, 4) is 5.75 Å². The van der Waals surface area contributed by atoms with E-state index >= 15 is 0 Å². The third-order valence-corrected chi connectivity index (χ3v) is 6.38. The summed E-state index contributed by atoms with van der Waals surface area (Å²) < 4.78 is 12.1. The first kappa shape index (κ1) is 20.5. The molecule has 0 radical (unpaired) electrons. The van der Waals surface area contributed by atoms with Crippen LogP contribution in [-0.2, 0) is 17.8 Å². The van der Waals surface area contributed by atoms with Crippen LogP contribution >= 0.6 is 23.1 Å². The standard InChI is InChI=1S/C23H22N2O3S2/c1-3-27-17-8-11-20-21(14-17)30-23(24-20)25(15-18-5-4-12-28-18)22(26)13-16-6-9-19(29-2)10-7-16/h4-12,14H,3,13,15H2,1-2H3. The minimum atomic E-state index is -0.0209. The van der Waals surface area contributed by atoms with Crippen LogP contribution in [0.5, 0.6) is 5.75 Å². The fourth-order valence-electron chi connectivity index (χ4n) is 3.10. The zero-order valence-electron chi connectivity index (χ0n) is 16.8. The molecule has 0 spiro atoms. The lowest BCUT2D eigenvalue weighted by atomic mass is 10.1. The van der Waals surface area contributed by atoms with Crippen LogP contribution in [0.25, 0.3) is 10.2 Å². The van der Waals surface area contributed by atoms with Crippen LogP contribution in [0.1, 0.15) is 18.2 Å². The average molecular weight is 439 g/mol. The lowest BCUT2D eigenvalue weighted by Gasteiger charge is -2.19. The summed E-state index contributed by atoms with van der Waals surface area (Å²) in [6.45, 7) is 2.90. The van der Waals surface area contributed by atoms with Gasteiger partial charge in [-0.15, -0.1) is 11.8 Å². The molecule has 0 saturated heterocycles. The number of aromatic nitrogens is 1. The number of thioether (sulfide) groups is 1. The molecule has 1 amide bonds. The molecular weight excluding hydrogens is 416 g/mol. The maximum Gasteiger partial charge on any atom is 0.233 e. The van der Waals surface area contributed by atoms with Crippen molar-refractivity contribution in [2.24, 2.45) is 0 Å². The molecule has 7 heteroatoms. The Morgan fingerprint density at radius 1 is 1.20 bits per heavy atom. The van der Waals surface area contributed by atoms with Crippen LogP contribution in [0.3, 0.4) is 0 Å². The first-order chi connectivity index (χ1) is 14.7. The molecule has 0 fully saturated rings. The number of amides is 1. The number of anilines is 1. The van der Waals surface area contributed by atoms with Gasteiger partial charge in [-0.1, -0.05) is 23.5 Å². The number of furan rings is 1. The van der Waals surface area contributed by atoms with Gasteiger partial charge >= 0.3 is 0 Å². The normalized spacial score (nSPS) is 11.0. The van der Waals surface area contributed by atoms with Crippen LogP contribution in [0.15, 0.2) is 70.2 Å². The predicted molar refractivity (Wildman–Crippen MR) is 123 cm³/mol. The van der Waals surface area contributed by atoms with E-state index in [1.54, 1.807) is 22.9 Å². The van der Waals surface area contributed by atoms with Gasteiger partial charge in [0.25, 0.3) is 0 Å². The molecule has 0 atom stereocenters. The van der Waals surface area contributed by atoms with Crippen molar-refractivity contribution in [3.05, 3.63) is 72.2 Å². The summed E-state index contributed by atoms with van der Waals surface area (Å²) in [5, 5.41) is 0.654. The first-order valence-corrected chi connectivity index (χ1v) is 11.7. The lowest BCUT2D eigenvalue weighted by molar-refractivity contribution is -0.118. The van der Waals surface area contributed by atoms with Crippen molar-refractivity contribution >= 4 is 44.4 Å². The van der Waals surface area contributed by atoms with Crippen molar-refractivity contribution < 1.29 is 13.9 Å².